The molecule has 0 amide bonds. The average Bonchev–Trinajstić information content (AvgIpc) is 2.47. The van der Waals surface area contributed by atoms with Crippen molar-refractivity contribution >= 4 is 8.32 Å². The minimum absolute atomic E-state index is 0.0225. The Bertz CT molecular complexity index is 628. The predicted molar refractivity (Wildman–Crippen MR) is 95.8 cm³/mol. The van der Waals surface area contributed by atoms with Crippen LogP contribution in [0.5, 0.6) is 0 Å². The molecular weight excluding hydrogens is 328 g/mol. The van der Waals surface area contributed by atoms with E-state index in [0.29, 0.717) is 6.42 Å². The highest BCUT2D eigenvalue weighted by Gasteiger charge is 2.38. The van der Waals surface area contributed by atoms with E-state index in [1.165, 1.54) is 16.8 Å². The van der Waals surface area contributed by atoms with Crippen LogP contribution in [0.2, 0.25) is 18.1 Å². The van der Waals surface area contributed by atoms with Crippen molar-refractivity contribution in [2.24, 2.45) is 0 Å². The molecule has 2 N–H and O–H groups in total. The van der Waals surface area contributed by atoms with E-state index in [-0.39, 0.29) is 18.3 Å². The predicted octanol–water partition coefficient (Wildman–Crippen LogP) is 1.84. The molecule has 7 nitrogen and oxygen atoms in total. The molecule has 1 aromatic heterocycles. The van der Waals surface area contributed by atoms with Gasteiger partial charge in [0.25, 0.3) is 5.56 Å². The largest absolute Gasteiger partial charge is 0.412 e. The monoisotopic (exact) mass is 358 g/mol. The summed E-state index contributed by atoms with van der Waals surface area (Å²) in [5, 5.41) is 9.41. The normalized spacial score (nSPS) is 15.3. The first-order chi connectivity index (χ1) is 11.0. The Morgan fingerprint density at radius 2 is 1.96 bits per heavy atom. The molecule has 1 aromatic rings. The standard InChI is InChI=1S/C16H30N2O5Si/c1-7-12(10-19)23-14(11-22-24(5,6)16(2,3)4)18-9-8-13(20)17-15(18)21/h8-9,12,14,19H,7,10-11H2,1-6H3,(H,17,20,21)/t12-,14-/m1/s1. The first-order valence-electron chi connectivity index (χ1n) is 8.23. The molecule has 0 spiro atoms. The quantitative estimate of drug-likeness (QED) is 0.692. The van der Waals surface area contributed by atoms with Gasteiger partial charge in [0.2, 0.25) is 0 Å². The van der Waals surface area contributed by atoms with Gasteiger partial charge in [-0.15, -0.1) is 0 Å². The Morgan fingerprint density at radius 3 is 2.42 bits per heavy atom. The molecule has 24 heavy (non-hydrogen) atoms. The molecule has 0 unspecified atom stereocenters. The lowest BCUT2D eigenvalue weighted by molar-refractivity contribution is -0.0967. The van der Waals surface area contributed by atoms with Gasteiger partial charge in [-0.2, -0.15) is 0 Å². The molecule has 0 bridgehead atoms. The Morgan fingerprint density at radius 1 is 1.33 bits per heavy atom. The fourth-order valence-electron chi connectivity index (χ4n) is 1.83. The molecule has 0 saturated carbocycles. The average molecular weight is 359 g/mol. The van der Waals surface area contributed by atoms with Gasteiger partial charge in [-0.05, 0) is 24.6 Å². The summed E-state index contributed by atoms with van der Waals surface area (Å²) < 4.78 is 13.3. The van der Waals surface area contributed by atoms with Gasteiger partial charge in [0.1, 0.15) is 0 Å². The lowest BCUT2D eigenvalue weighted by Crippen LogP contribution is -2.44. The molecule has 1 rings (SSSR count). The van der Waals surface area contributed by atoms with Crippen LogP contribution in [0.1, 0.15) is 40.3 Å². The molecule has 0 fully saturated rings. The smallest absolute Gasteiger partial charge is 0.330 e. The summed E-state index contributed by atoms with van der Waals surface area (Å²) in [6.07, 6.45) is 0.883. The zero-order valence-electron chi connectivity index (χ0n) is 15.5. The molecule has 8 heteroatoms. The van der Waals surface area contributed by atoms with Gasteiger partial charge < -0.3 is 14.3 Å². The first-order valence-corrected chi connectivity index (χ1v) is 11.1. The number of aliphatic hydroxyl groups excluding tert-OH is 1. The summed E-state index contributed by atoms with van der Waals surface area (Å²) in [5.74, 6) is 0. The van der Waals surface area contributed by atoms with Crippen molar-refractivity contribution in [3.05, 3.63) is 33.1 Å². The summed E-state index contributed by atoms with van der Waals surface area (Å²) >= 11 is 0. The van der Waals surface area contributed by atoms with Gasteiger partial charge in [-0.3, -0.25) is 14.3 Å². The van der Waals surface area contributed by atoms with Crippen LogP contribution in [-0.4, -0.2) is 42.3 Å². The fraction of sp³-hybridized carbons (Fsp3) is 0.750. The van der Waals surface area contributed by atoms with Gasteiger partial charge >= 0.3 is 5.69 Å². The SMILES string of the molecule is CC[C@H](CO)O[C@H](CO[Si](C)(C)C(C)(C)C)n1ccc(=O)[nH]c1=O. The van der Waals surface area contributed by atoms with Gasteiger partial charge in [0.15, 0.2) is 14.5 Å². The van der Waals surface area contributed by atoms with Gasteiger partial charge in [0, 0.05) is 12.3 Å². The second-order valence-electron chi connectivity index (χ2n) is 7.39. The van der Waals surface area contributed by atoms with Crippen LogP contribution in [0.15, 0.2) is 21.9 Å². The molecule has 138 valence electrons. The van der Waals surface area contributed by atoms with Crippen molar-refractivity contribution < 1.29 is 14.3 Å². The van der Waals surface area contributed by atoms with Crippen LogP contribution in [0.25, 0.3) is 0 Å². The summed E-state index contributed by atoms with van der Waals surface area (Å²) in [6.45, 7) is 12.5. The molecule has 0 aliphatic heterocycles. The molecular formula is C16H30N2O5Si. The number of aliphatic hydroxyl groups is 1. The molecule has 0 aliphatic carbocycles. The van der Waals surface area contributed by atoms with E-state index < -0.39 is 31.9 Å². The second kappa shape index (κ2) is 8.24. The summed E-state index contributed by atoms with van der Waals surface area (Å²) in [5.41, 5.74) is -1.02. The topological polar surface area (TPSA) is 93.5 Å². The van der Waals surface area contributed by atoms with Crippen LogP contribution in [0.3, 0.4) is 0 Å². The number of nitrogens with zero attached hydrogens (tertiary/aromatic N) is 1. The Hall–Kier alpha value is -1.22. The first kappa shape index (κ1) is 20.8. The van der Waals surface area contributed by atoms with Gasteiger partial charge in [-0.25, -0.2) is 4.79 Å². The Kier molecular flexibility index (Phi) is 7.15. The molecule has 0 aliphatic rings. The van der Waals surface area contributed by atoms with Crippen LogP contribution in [0, 0.1) is 0 Å². The number of aromatic nitrogens is 2. The number of hydrogen-bond donors (Lipinski definition) is 2. The molecule has 1 heterocycles. The summed E-state index contributed by atoms with van der Waals surface area (Å²) in [6, 6.07) is 1.27. The van der Waals surface area contributed by atoms with Crippen LogP contribution in [-0.2, 0) is 9.16 Å². The minimum atomic E-state index is -2.03. The highest BCUT2D eigenvalue weighted by molar-refractivity contribution is 6.74. The van der Waals surface area contributed by atoms with Crippen molar-refractivity contribution in [1.82, 2.24) is 9.55 Å². The lowest BCUT2D eigenvalue weighted by atomic mass is 10.2. The van der Waals surface area contributed by atoms with Gasteiger partial charge in [0.05, 0.1) is 19.3 Å². The third kappa shape index (κ3) is 5.40. The maximum absolute atomic E-state index is 12.1. The van der Waals surface area contributed by atoms with E-state index in [1.54, 1.807) is 0 Å². The zero-order chi connectivity index (χ0) is 18.5. The molecule has 0 radical (unpaired) electrons. The Labute approximate surface area is 143 Å². The number of H-pyrrole nitrogens is 1. The van der Waals surface area contributed by atoms with E-state index in [9.17, 15) is 14.7 Å². The third-order valence-electron chi connectivity index (χ3n) is 4.56. The van der Waals surface area contributed by atoms with E-state index in [4.69, 9.17) is 9.16 Å². The van der Waals surface area contributed by atoms with E-state index in [1.807, 2.05) is 6.92 Å². The minimum Gasteiger partial charge on any atom is -0.412 e. The summed E-state index contributed by atoms with van der Waals surface area (Å²) in [7, 11) is -2.03. The number of hydrogen-bond acceptors (Lipinski definition) is 5. The van der Waals surface area contributed by atoms with Gasteiger partial charge in [-0.1, -0.05) is 27.7 Å². The van der Waals surface area contributed by atoms with Crippen molar-refractivity contribution in [3.63, 3.8) is 0 Å². The number of nitrogens with one attached hydrogen (secondary N) is 1. The van der Waals surface area contributed by atoms with E-state index in [2.05, 4.69) is 38.8 Å². The highest BCUT2D eigenvalue weighted by atomic mass is 28.4. The maximum Gasteiger partial charge on any atom is 0.330 e. The molecule has 2 atom stereocenters. The zero-order valence-corrected chi connectivity index (χ0v) is 16.5. The second-order valence-corrected chi connectivity index (χ2v) is 12.2. The number of rotatable bonds is 8. The van der Waals surface area contributed by atoms with Crippen molar-refractivity contribution in [1.29, 1.82) is 0 Å². The van der Waals surface area contributed by atoms with E-state index >= 15 is 0 Å². The summed E-state index contributed by atoms with van der Waals surface area (Å²) in [4.78, 5) is 25.6. The van der Waals surface area contributed by atoms with Crippen molar-refractivity contribution in [3.8, 4) is 0 Å². The van der Waals surface area contributed by atoms with E-state index in [0.717, 1.165) is 0 Å². The number of aromatic amines is 1. The van der Waals surface area contributed by atoms with Crippen molar-refractivity contribution in [2.45, 2.75) is 64.6 Å². The maximum atomic E-state index is 12.1. The van der Waals surface area contributed by atoms with Crippen LogP contribution in [0.4, 0.5) is 0 Å². The van der Waals surface area contributed by atoms with Crippen LogP contribution >= 0.6 is 0 Å². The molecule has 0 saturated heterocycles. The number of ether oxygens (including phenoxy) is 1. The van der Waals surface area contributed by atoms with Crippen molar-refractivity contribution in [2.75, 3.05) is 13.2 Å². The highest BCUT2D eigenvalue weighted by Crippen LogP contribution is 2.37. The third-order valence-corrected chi connectivity index (χ3v) is 9.06. The fourth-order valence-corrected chi connectivity index (χ4v) is 2.82. The Balaban J connectivity index is 3.06. The lowest BCUT2D eigenvalue weighted by Gasteiger charge is -2.37. The molecule has 0 aromatic carbocycles. The van der Waals surface area contributed by atoms with Crippen LogP contribution < -0.4 is 11.2 Å².